The van der Waals surface area contributed by atoms with E-state index in [0.717, 1.165) is 17.8 Å². The summed E-state index contributed by atoms with van der Waals surface area (Å²) >= 11 is 3.34. The first-order valence-electron chi connectivity index (χ1n) is 6.66. The number of nitro benzene ring substituents is 1. The van der Waals surface area contributed by atoms with E-state index in [-0.39, 0.29) is 10.6 Å². The van der Waals surface area contributed by atoms with Crippen LogP contribution in [0.25, 0.3) is 0 Å². The van der Waals surface area contributed by atoms with Crippen LogP contribution in [0.4, 0.5) is 5.69 Å². The molecule has 110 valence electrons. The van der Waals surface area contributed by atoms with E-state index in [0.29, 0.717) is 17.6 Å². The summed E-state index contributed by atoms with van der Waals surface area (Å²) < 4.78 is 0.550. The minimum absolute atomic E-state index is 0.0985. The third kappa shape index (κ3) is 4.09. The molecule has 0 saturated heterocycles. The Kier molecular flexibility index (Phi) is 5.41. The second-order valence-electron chi connectivity index (χ2n) is 4.63. The van der Waals surface area contributed by atoms with E-state index in [9.17, 15) is 10.1 Å². The molecule has 2 aromatic rings. The molecule has 6 heteroatoms. The topological polar surface area (TPSA) is 59.3 Å². The lowest BCUT2D eigenvalue weighted by atomic mass is 10.2. The zero-order chi connectivity index (χ0) is 15.2. The van der Waals surface area contributed by atoms with Crippen LogP contribution in [0.1, 0.15) is 18.2 Å². The Morgan fingerprint density at radius 2 is 2.05 bits per heavy atom. The van der Waals surface area contributed by atoms with Gasteiger partial charge in [0.05, 0.1) is 15.1 Å². The van der Waals surface area contributed by atoms with Gasteiger partial charge in [-0.05, 0) is 40.2 Å². The minimum atomic E-state index is -0.372. The molecule has 0 aliphatic rings. The van der Waals surface area contributed by atoms with Gasteiger partial charge >= 0.3 is 0 Å². The molecule has 2 rings (SSSR count). The van der Waals surface area contributed by atoms with Crippen LogP contribution in [0, 0.1) is 10.1 Å². The zero-order valence-electron chi connectivity index (χ0n) is 11.7. The van der Waals surface area contributed by atoms with Crippen LogP contribution >= 0.6 is 15.9 Å². The molecule has 0 radical (unpaired) electrons. The van der Waals surface area contributed by atoms with Crippen LogP contribution in [0.15, 0.2) is 47.1 Å². The van der Waals surface area contributed by atoms with Crippen molar-refractivity contribution < 1.29 is 4.92 Å². The number of hydrogen-bond donors (Lipinski definition) is 0. The molecule has 5 nitrogen and oxygen atoms in total. The lowest BCUT2D eigenvalue weighted by molar-refractivity contribution is -0.385. The molecule has 0 aliphatic heterocycles. The molecule has 0 saturated carbocycles. The maximum Gasteiger partial charge on any atom is 0.283 e. The van der Waals surface area contributed by atoms with Gasteiger partial charge in [-0.1, -0.05) is 25.1 Å². The molecule has 0 unspecified atom stereocenters. The van der Waals surface area contributed by atoms with Crippen LogP contribution < -0.4 is 0 Å². The van der Waals surface area contributed by atoms with Gasteiger partial charge < -0.3 is 0 Å². The summed E-state index contributed by atoms with van der Waals surface area (Å²) in [6.45, 7) is 4.25. The Bertz CT molecular complexity index is 620. The van der Waals surface area contributed by atoms with Crippen molar-refractivity contribution in [3.05, 3.63) is 68.4 Å². The summed E-state index contributed by atoms with van der Waals surface area (Å²) in [5, 5.41) is 11.0. The van der Waals surface area contributed by atoms with Crippen molar-refractivity contribution in [2.45, 2.75) is 20.0 Å². The van der Waals surface area contributed by atoms with Crippen LogP contribution in [-0.2, 0) is 13.1 Å². The molecular formula is C15H16BrN3O2. The van der Waals surface area contributed by atoms with E-state index in [4.69, 9.17) is 0 Å². The van der Waals surface area contributed by atoms with Crippen LogP contribution in [0.3, 0.4) is 0 Å². The monoisotopic (exact) mass is 349 g/mol. The molecule has 1 aromatic heterocycles. The van der Waals surface area contributed by atoms with Gasteiger partial charge in [-0.2, -0.15) is 0 Å². The number of hydrogen-bond acceptors (Lipinski definition) is 4. The summed E-state index contributed by atoms with van der Waals surface area (Å²) in [6, 6.07) is 10.9. The number of rotatable bonds is 6. The van der Waals surface area contributed by atoms with Gasteiger partial charge in [-0.3, -0.25) is 20.0 Å². The second kappa shape index (κ2) is 7.28. The molecule has 1 aromatic carbocycles. The van der Waals surface area contributed by atoms with Crippen molar-refractivity contribution in [1.82, 2.24) is 9.88 Å². The maximum atomic E-state index is 11.0. The lowest BCUT2D eigenvalue weighted by Gasteiger charge is -2.20. The Morgan fingerprint density at radius 3 is 2.67 bits per heavy atom. The van der Waals surface area contributed by atoms with Gasteiger partial charge in [0.25, 0.3) is 5.69 Å². The van der Waals surface area contributed by atoms with Crippen LogP contribution in [-0.4, -0.2) is 21.4 Å². The third-order valence-electron chi connectivity index (χ3n) is 3.21. The van der Waals surface area contributed by atoms with E-state index in [2.05, 4.69) is 32.7 Å². The fourth-order valence-corrected chi connectivity index (χ4v) is 2.61. The third-order valence-corrected chi connectivity index (χ3v) is 4.12. The first kappa shape index (κ1) is 15.6. The highest BCUT2D eigenvalue weighted by Gasteiger charge is 2.16. The van der Waals surface area contributed by atoms with Crippen molar-refractivity contribution >= 4 is 21.6 Å². The number of nitro groups is 1. The van der Waals surface area contributed by atoms with Crippen molar-refractivity contribution in [3.63, 3.8) is 0 Å². The van der Waals surface area contributed by atoms with Gasteiger partial charge in [0.2, 0.25) is 0 Å². The average Bonchev–Trinajstić information content (AvgIpc) is 2.49. The SMILES string of the molecule is CCN(Cc1ccccn1)Cc1cccc([N+](=O)[O-])c1Br. The van der Waals surface area contributed by atoms with E-state index in [1.54, 1.807) is 12.3 Å². The Labute approximate surface area is 131 Å². The van der Waals surface area contributed by atoms with E-state index >= 15 is 0 Å². The highest BCUT2D eigenvalue weighted by molar-refractivity contribution is 9.10. The number of aromatic nitrogens is 1. The first-order chi connectivity index (χ1) is 10.1. The summed E-state index contributed by atoms with van der Waals surface area (Å²) in [4.78, 5) is 17.1. The van der Waals surface area contributed by atoms with Crippen LogP contribution in [0.5, 0.6) is 0 Å². The minimum Gasteiger partial charge on any atom is -0.293 e. The molecule has 1 heterocycles. The summed E-state index contributed by atoms with van der Waals surface area (Å²) in [7, 11) is 0. The predicted molar refractivity (Wildman–Crippen MR) is 84.8 cm³/mol. The number of halogens is 1. The molecule has 0 fully saturated rings. The molecule has 0 spiro atoms. The highest BCUT2D eigenvalue weighted by Crippen LogP contribution is 2.29. The van der Waals surface area contributed by atoms with E-state index in [1.165, 1.54) is 6.07 Å². The molecule has 0 N–H and O–H groups in total. The summed E-state index contributed by atoms with van der Waals surface area (Å²) in [6.07, 6.45) is 1.77. The van der Waals surface area contributed by atoms with Crippen molar-refractivity contribution in [2.75, 3.05) is 6.54 Å². The first-order valence-corrected chi connectivity index (χ1v) is 7.45. The van der Waals surface area contributed by atoms with Crippen molar-refractivity contribution in [3.8, 4) is 0 Å². The Balaban J connectivity index is 2.15. The van der Waals surface area contributed by atoms with Crippen molar-refractivity contribution in [1.29, 1.82) is 0 Å². The number of benzene rings is 1. The fraction of sp³-hybridized carbons (Fsp3) is 0.267. The van der Waals surface area contributed by atoms with E-state index in [1.807, 2.05) is 24.3 Å². The van der Waals surface area contributed by atoms with Gasteiger partial charge in [-0.25, -0.2) is 0 Å². The molecule has 0 atom stereocenters. The average molecular weight is 350 g/mol. The van der Waals surface area contributed by atoms with Gasteiger partial charge in [-0.15, -0.1) is 0 Å². The quantitative estimate of drug-likeness (QED) is 0.588. The fourth-order valence-electron chi connectivity index (χ4n) is 2.07. The molecule has 0 aliphatic carbocycles. The Morgan fingerprint density at radius 1 is 1.24 bits per heavy atom. The summed E-state index contributed by atoms with van der Waals surface area (Å²) in [5.74, 6) is 0. The number of nitrogens with zero attached hydrogens (tertiary/aromatic N) is 3. The van der Waals surface area contributed by atoms with Gasteiger partial charge in [0.1, 0.15) is 0 Å². The normalized spacial score (nSPS) is 10.8. The summed E-state index contributed by atoms with van der Waals surface area (Å²) in [5.41, 5.74) is 1.99. The van der Waals surface area contributed by atoms with Crippen LogP contribution in [0.2, 0.25) is 0 Å². The maximum absolute atomic E-state index is 11.0. The Hall–Kier alpha value is -1.79. The predicted octanol–water partition coefficient (Wildman–Crippen LogP) is 3.77. The zero-order valence-corrected chi connectivity index (χ0v) is 13.3. The van der Waals surface area contributed by atoms with Gasteiger partial charge in [0.15, 0.2) is 0 Å². The van der Waals surface area contributed by atoms with Gasteiger partial charge in [0, 0.05) is 25.4 Å². The lowest BCUT2D eigenvalue weighted by Crippen LogP contribution is -2.23. The molecule has 0 bridgehead atoms. The standard InChI is InChI=1S/C15H16BrN3O2/c1-2-18(11-13-7-3-4-9-17-13)10-12-6-5-8-14(15(12)16)19(20)21/h3-9H,2,10-11H2,1H3. The largest absolute Gasteiger partial charge is 0.293 e. The van der Waals surface area contributed by atoms with Crippen molar-refractivity contribution in [2.24, 2.45) is 0 Å². The smallest absolute Gasteiger partial charge is 0.283 e. The molecular weight excluding hydrogens is 334 g/mol. The highest BCUT2D eigenvalue weighted by atomic mass is 79.9. The second-order valence-corrected chi connectivity index (χ2v) is 5.42. The molecule has 21 heavy (non-hydrogen) atoms. The number of pyridine rings is 1. The molecule has 0 amide bonds. The van der Waals surface area contributed by atoms with E-state index < -0.39 is 0 Å².